The number of fused-ring (bicyclic) bond motifs is 1. The summed E-state index contributed by atoms with van der Waals surface area (Å²) in [5, 5.41) is 1.83. The number of methoxy groups -OCH3 is 2. The van der Waals surface area contributed by atoms with E-state index in [2.05, 4.69) is 0 Å². The quantitative estimate of drug-likeness (QED) is 0.207. The zero-order valence-corrected chi connectivity index (χ0v) is 26.2. The van der Waals surface area contributed by atoms with Gasteiger partial charge in [0, 0.05) is 29.8 Å². The maximum atomic E-state index is 15.9. The third-order valence-corrected chi connectivity index (χ3v) is 10.7. The first-order valence-electron chi connectivity index (χ1n) is 13.3. The highest BCUT2D eigenvalue weighted by Gasteiger charge is 2.42. The van der Waals surface area contributed by atoms with Crippen LogP contribution in [0, 0.1) is 27.7 Å². The summed E-state index contributed by atoms with van der Waals surface area (Å²) >= 11 is 7.13. The molecule has 0 radical (unpaired) electrons. The van der Waals surface area contributed by atoms with Crippen molar-refractivity contribution < 1.29 is 28.2 Å². The van der Waals surface area contributed by atoms with E-state index >= 15 is 4.57 Å². The second kappa shape index (κ2) is 10.7. The average molecular weight is 593 g/mol. The first-order valence-corrected chi connectivity index (χ1v) is 15.4. The van der Waals surface area contributed by atoms with Gasteiger partial charge in [0.2, 0.25) is 11.5 Å². The van der Waals surface area contributed by atoms with Gasteiger partial charge in [-0.2, -0.15) is 0 Å². The third-order valence-electron chi connectivity index (χ3n) is 7.15. The Hall–Kier alpha value is -3.60. The molecule has 5 rings (SSSR count). The van der Waals surface area contributed by atoms with E-state index in [0.29, 0.717) is 38.9 Å². The summed E-state index contributed by atoms with van der Waals surface area (Å²) < 4.78 is 45.8. The maximum Gasteiger partial charge on any atom is 0.246 e. The Kier molecular flexibility index (Phi) is 7.52. The Labute approximate surface area is 246 Å². The number of aryl methyl sites for hydroxylation is 4. The fourth-order valence-electron chi connectivity index (χ4n) is 5.49. The van der Waals surface area contributed by atoms with E-state index in [1.54, 1.807) is 34.1 Å². The van der Waals surface area contributed by atoms with Crippen molar-refractivity contribution in [3.05, 3.63) is 87.9 Å². The van der Waals surface area contributed by atoms with Crippen LogP contribution in [0.15, 0.2) is 60.7 Å². The van der Waals surface area contributed by atoms with Crippen molar-refractivity contribution in [3.63, 3.8) is 0 Å². The van der Waals surface area contributed by atoms with Gasteiger partial charge in [0.05, 0.1) is 19.2 Å². The van der Waals surface area contributed by atoms with Gasteiger partial charge in [-0.05, 0) is 92.4 Å². The molecule has 0 amide bonds. The number of benzene rings is 4. The number of hydrogen-bond acceptors (Lipinski definition) is 6. The van der Waals surface area contributed by atoms with Crippen LogP contribution in [0.25, 0.3) is 0 Å². The molecule has 8 heteroatoms. The molecule has 0 aliphatic carbocycles. The van der Waals surface area contributed by atoms with E-state index in [1.165, 1.54) is 0 Å². The molecule has 41 heavy (non-hydrogen) atoms. The molecule has 0 fully saturated rings. The number of rotatable bonds is 7. The standard InChI is InChI=1S/C33H34ClO6P/c1-19-14-24(15-20(2)29(19)36-7)41(35,25-16-21(3)30(37-8)22(4)17-25)27-18-26(38-23-12-10-9-11-13-23)31-32(28(27)34)40-33(5,6)39-31/h9-18H,1-8H3. The van der Waals surface area contributed by atoms with Crippen molar-refractivity contribution in [2.75, 3.05) is 14.2 Å². The van der Waals surface area contributed by atoms with Gasteiger partial charge in [-0.25, -0.2) is 0 Å². The second-order valence-corrected chi connectivity index (χ2v) is 13.8. The Bertz CT molecular complexity index is 1590. The van der Waals surface area contributed by atoms with Crippen LogP contribution in [0.4, 0.5) is 0 Å². The van der Waals surface area contributed by atoms with E-state index in [-0.39, 0.29) is 5.02 Å². The van der Waals surface area contributed by atoms with Crippen molar-refractivity contribution in [1.29, 1.82) is 0 Å². The molecule has 214 valence electrons. The predicted molar refractivity (Wildman–Crippen MR) is 165 cm³/mol. The molecule has 0 atom stereocenters. The smallest absolute Gasteiger partial charge is 0.246 e. The normalized spacial score (nSPS) is 13.7. The van der Waals surface area contributed by atoms with Gasteiger partial charge in [0.15, 0.2) is 18.6 Å². The molecule has 4 aromatic rings. The molecule has 0 unspecified atom stereocenters. The number of hydrogen-bond donors (Lipinski definition) is 0. The summed E-state index contributed by atoms with van der Waals surface area (Å²) in [6.07, 6.45) is 0. The fourth-order valence-corrected chi connectivity index (χ4v) is 9.06. The van der Waals surface area contributed by atoms with Crippen LogP contribution in [0.5, 0.6) is 34.5 Å². The molecule has 0 spiro atoms. The summed E-state index contributed by atoms with van der Waals surface area (Å²) in [6.45, 7) is 11.4. The minimum Gasteiger partial charge on any atom is -0.496 e. The zero-order chi connectivity index (χ0) is 29.7. The van der Waals surface area contributed by atoms with Crippen molar-refractivity contribution in [3.8, 4) is 34.5 Å². The summed E-state index contributed by atoms with van der Waals surface area (Å²) in [5.74, 6) is 2.11. The summed E-state index contributed by atoms with van der Waals surface area (Å²) in [4.78, 5) is 0. The Morgan fingerprint density at radius 1 is 0.732 bits per heavy atom. The molecule has 1 aliphatic heterocycles. The first kappa shape index (κ1) is 28.9. The van der Waals surface area contributed by atoms with Gasteiger partial charge in [0.25, 0.3) is 0 Å². The van der Waals surface area contributed by atoms with E-state index in [1.807, 2.05) is 82.3 Å². The molecule has 0 bridgehead atoms. The fraction of sp³-hybridized carbons (Fsp3) is 0.273. The second-order valence-electron chi connectivity index (χ2n) is 10.7. The van der Waals surface area contributed by atoms with E-state index in [9.17, 15) is 0 Å². The first-order chi connectivity index (χ1) is 19.4. The number of ether oxygens (including phenoxy) is 5. The van der Waals surface area contributed by atoms with Crippen molar-refractivity contribution in [2.24, 2.45) is 0 Å². The van der Waals surface area contributed by atoms with Gasteiger partial charge in [0.1, 0.15) is 17.2 Å². The highest BCUT2D eigenvalue weighted by Crippen LogP contribution is 2.56. The zero-order valence-electron chi connectivity index (χ0n) is 24.5. The molecule has 4 aromatic carbocycles. The van der Waals surface area contributed by atoms with Crippen LogP contribution >= 0.6 is 18.7 Å². The molecule has 0 aromatic heterocycles. The number of halogens is 1. The highest BCUT2D eigenvalue weighted by molar-refractivity contribution is 7.85. The van der Waals surface area contributed by atoms with Gasteiger partial charge < -0.3 is 28.2 Å². The van der Waals surface area contributed by atoms with E-state index < -0.39 is 12.9 Å². The van der Waals surface area contributed by atoms with Crippen LogP contribution in [-0.2, 0) is 4.57 Å². The van der Waals surface area contributed by atoms with Crippen LogP contribution in [0.3, 0.4) is 0 Å². The minimum absolute atomic E-state index is 0.214. The number of para-hydroxylation sites is 1. The third kappa shape index (κ3) is 5.05. The van der Waals surface area contributed by atoms with Crippen LogP contribution in [-0.4, -0.2) is 20.0 Å². The van der Waals surface area contributed by atoms with Gasteiger partial charge in [-0.15, -0.1) is 0 Å². The van der Waals surface area contributed by atoms with Crippen molar-refractivity contribution >= 4 is 34.7 Å². The SMILES string of the molecule is COc1c(C)cc(P(=O)(c2cc(C)c(OC)c(C)c2)c2cc(Oc3ccccc3)c3c(c2Cl)OC(C)(C)O3)cc1C. The summed E-state index contributed by atoms with van der Waals surface area (Å²) in [7, 11) is -0.380. The molecular formula is C33H34ClO6P. The monoisotopic (exact) mass is 592 g/mol. The highest BCUT2D eigenvalue weighted by atomic mass is 35.5. The molecule has 1 aliphatic rings. The lowest BCUT2D eigenvalue weighted by Crippen LogP contribution is -2.30. The summed E-state index contributed by atoms with van der Waals surface area (Å²) in [6, 6.07) is 18.7. The summed E-state index contributed by atoms with van der Waals surface area (Å²) in [5.41, 5.74) is 3.46. The van der Waals surface area contributed by atoms with E-state index in [4.69, 9.17) is 35.3 Å². The van der Waals surface area contributed by atoms with Crippen molar-refractivity contribution in [1.82, 2.24) is 0 Å². The topological polar surface area (TPSA) is 63.2 Å². The Balaban J connectivity index is 1.85. The minimum atomic E-state index is -3.65. The van der Waals surface area contributed by atoms with Gasteiger partial charge in [-0.3, -0.25) is 0 Å². The predicted octanol–water partition coefficient (Wildman–Crippen LogP) is 7.53. The lowest BCUT2D eigenvalue weighted by atomic mass is 10.1. The molecule has 0 saturated carbocycles. The van der Waals surface area contributed by atoms with Crippen molar-refractivity contribution in [2.45, 2.75) is 47.3 Å². The largest absolute Gasteiger partial charge is 0.496 e. The Morgan fingerprint density at radius 2 is 1.20 bits per heavy atom. The molecule has 6 nitrogen and oxygen atoms in total. The van der Waals surface area contributed by atoms with Gasteiger partial charge >= 0.3 is 0 Å². The van der Waals surface area contributed by atoms with Gasteiger partial charge in [-0.1, -0.05) is 29.8 Å². The van der Waals surface area contributed by atoms with Crippen LogP contribution in [0.1, 0.15) is 36.1 Å². The van der Waals surface area contributed by atoms with E-state index in [0.717, 1.165) is 33.8 Å². The Morgan fingerprint density at radius 3 is 1.66 bits per heavy atom. The maximum absolute atomic E-state index is 15.9. The van der Waals surface area contributed by atoms with Crippen LogP contribution < -0.4 is 39.6 Å². The lowest BCUT2D eigenvalue weighted by Gasteiger charge is -2.25. The van der Waals surface area contributed by atoms with Crippen LogP contribution in [0.2, 0.25) is 5.02 Å². The molecule has 1 heterocycles. The molecule has 0 N–H and O–H groups in total. The average Bonchev–Trinajstić information content (AvgIpc) is 3.26. The lowest BCUT2D eigenvalue weighted by molar-refractivity contribution is -0.0437. The molecular weight excluding hydrogens is 559 g/mol. The molecule has 0 saturated heterocycles.